The van der Waals surface area contributed by atoms with Gasteiger partial charge in [0.05, 0.1) is 21.8 Å². The average molecular weight is 499 g/mol. The topological polar surface area (TPSA) is 89.0 Å². The number of rotatable bonds is 3. The lowest BCUT2D eigenvalue weighted by Crippen LogP contribution is -2.29. The van der Waals surface area contributed by atoms with Crippen molar-refractivity contribution < 1.29 is 24.2 Å². The SMILES string of the molecule is Cc1cc(C)c2nc(N3C(=O)C(=O)/C(=C(\O)c4ccc5c(c4)OCCO5)C3c3ccccc3)sc2c1. The quantitative estimate of drug-likeness (QED) is 0.234. The fourth-order valence-electron chi connectivity index (χ4n) is 4.79. The molecule has 1 N–H and O–H groups in total. The molecule has 0 bridgehead atoms. The minimum atomic E-state index is -0.832. The number of aliphatic hydroxyl groups is 1. The van der Waals surface area contributed by atoms with Crippen LogP contribution in [-0.4, -0.2) is 35.0 Å². The number of hydrogen-bond acceptors (Lipinski definition) is 7. The Bertz CT molecular complexity index is 1570. The number of aryl methyl sites for hydroxylation is 2. The van der Waals surface area contributed by atoms with Crippen molar-refractivity contribution in [2.75, 3.05) is 18.1 Å². The van der Waals surface area contributed by atoms with E-state index in [1.807, 2.05) is 56.3 Å². The molecular formula is C28H22N2O5S. The zero-order chi connectivity index (χ0) is 25.0. The lowest BCUT2D eigenvalue weighted by Gasteiger charge is -2.23. The number of ether oxygens (including phenoxy) is 2. The second kappa shape index (κ2) is 8.49. The van der Waals surface area contributed by atoms with Crippen LogP contribution in [0.15, 0.2) is 66.2 Å². The number of aliphatic hydroxyl groups excluding tert-OH is 1. The maximum absolute atomic E-state index is 13.5. The molecule has 0 radical (unpaired) electrons. The Morgan fingerprint density at radius 3 is 2.53 bits per heavy atom. The van der Waals surface area contributed by atoms with Gasteiger partial charge in [0.1, 0.15) is 19.0 Å². The van der Waals surface area contributed by atoms with Gasteiger partial charge in [0.25, 0.3) is 5.78 Å². The Kier molecular flexibility index (Phi) is 5.26. The standard InChI is InChI=1S/C28H22N2O5S/c1-15-12-16(2)23-21(13-15)36-28(29-23)30-24(17-6-4-3-5-7-17)22(26(32)27(30)33)25(31)18-8-9-19-20(14-18)35-11-10-34-19/h3-9,12-14,24,31H,10-11H2,1-2H3/b25-22-. The predicted octanol–water partition coefficient (Wildman–Crippen LogP) is 5.31. The summed E-state index contributed by atoms with van der Waals surface area (Å²) in [5, 5.41) is 11.8. The molecule has 36 heavy (non-hydrogen) atoms. The van der Waals surface area contributed by atoms with Gasteiger partial charge in [0.2, 0.25) is 0 Å². The minimum absolute atomic E-state index is 0.00929. The molecule has 7 nitrogen and oxygen atoms in total. The predicted molar refractivity (Wildman–Crippen MR) is 138 cm³/mol. The fraction of sp³-hybridized carbons (Fsp3) is 0.179. The normalized spacial score (nSPS) is 18.7. The summed E-state index contributed by atoms with van der Waals surface area (Å²) in [6.07, 6.45) is 0. The molecule has 1 fully saturated rings. The highest BCUT2D eigenvalue weighted by molar-refractivity contribution is 7.22. The molecule has 0 spiro atoms. The molecule has 1 unspecified atom stereocenters. The number of carbonyl (C=O) groups is 2. The lowest BCUT2D eigenvalue weighted by atomic mass is 9.95. The Labute approximate surface area is 211 Å². The summed E-state index contributed by atoms with van der Waals surface area (Å²) >= 11 is 1.36. The molecule has 180 valence electrons. The fourth-order valence-corrected chi connectivity index (χ4v) is 5.96. The molecule has 4 aromatic rings. The molecule has 1 amide bonds. The summed E-state index contributed by atoms with van der Waals surface area (Å²) in [5.41, 5.74) is 3.96. The molecule has 2 aliphatic rings. The second-order valence-electron chi connectivity index (χ2n) is 8.86. The third-order valence-corrected chi connectivity index (χ3v) is 7.40. The molecule has 0 saturated carbocycles. The first kappa shape index (κ1) is 22.3. The molecule has 1 aromatic heterocycles. The first-order valence-electron chi connectivity index (χ1n) is 11.6. The Balaban J connectivity index is 1.54. The Morgan fingerprint density at radius 1 is 1.00 bits per heavy atom. The van der Waals surface area contributed by atoms with E-state index >= 15 is 0 Å². The van der Waals surface area contributed by atoms with Crippen LogP contribution in [-0.2, 0) is 9.59 Å². The van der Waals surface area contributed by atoms with Crippen molar-refractivity contribution in [1.29, 1.82) is 0 Å². The molecule has 2 aliphatic heterocycles. The molecule has 0 aliphatic carbocycles. The van der Waals surface area contributed by atoms with Crippen molar-refractivity contribution in [2.24, 2.45) is 0 Å². The maximum atomic E-state index is 13.5. The van der Waals surface area contributed by atoms with Crippen LogP contribution in [0.1, 0.15) is 28.3 Å². The number of ketones is 1. The molecule has 3 heterocycles. The van der Waals surface area contributed by atoms with Crippen LogP contribution in [0.3, 0.4) is 0 Å². The summed E-state index contributed by atoms with van der Waals surface area (Å²) in [4.78, 5) is 33.0. The maximum Gasteiger partial charge on any atom is 0.301 e. The van der Waals surface area contributed by atoms with E-state index in [1.165, 1.54) is 16.2 Å². The second-order valence-corrected chi connectivity index (χ2v) is 9.87. The number of benzene rings is 3. The summed E-state index contributed by atoms with van der Waals surface area (Å²) in [6, 6.07) is 17.4. The summed E-state index contributed by atoms with van der Waals surface area (Å²) in [7, 11) is 0. The molecule has 1 saturated heterocycles. The minimum Gasteiger partial charge on any atom is -0.507 e. The Morgan fingerprint density at radius 2 is 1.75 bits per heavy atom. The van der Waals surface area contributed by atoms with E-state index in [0.717, 1.165) is 21.3 Å². The van der Waals surface area contributed by atoms with E-state index in [9.17, 15) is 14.7 Å². The number of anilines is 1. The highest BCUT2D eigenvalue weighted by Gasteiger charge is 2.48. The lowest BCUT2D eigenvalue weighted by molar-refractivity contribution is -0.132. The van der Waals surface area contributed by atoms with E-state index in [2.05, 4.69) is 0 Å². The van der Waals surface area contributed by atoms with Crippen LogP contribution in [0.4, 0.5) is 5.13 Å². The van der Waals surface area contributed by atoms with Gasteiger partial charge in [0, 0.05) is 5.56 Å². The Hall–Kier alpha value is -4.17. The van der Waals surface area contributed by atoms with Gasteiger partial charge < -0.3 is 14.6 Å². The van der Waals surface area contributed by atoms with Gasteiger partial charge in [-0.3, -0.25) is 14.5 Å². The van der Waals surface area contributed by atoms with E-state index in [1.54, 1.807) is 18.2 Å². The average Bonchev–Trinajstić information content (AvgIpc) is 3.42. The van der Waals surface area contributed by atoms with Crippen LogP contribution in [0.2, 0.25) is 0 Å². The first-order chi connectivity index (χ1) is 17.4. The van der Waals surface area contributed by atoms with Crippen molar-refractivity contribution in [3.63, 3.8) is 0 Å². The van der Waals surface area contributed by atoms with E-state index in [0.29, 0.717) is 41.0 Å². The van der Waals surface area contributed by atoms with Crippen molar-refractivity contribution >= 4 is 44.1 Å². The van der Waals surface area contributed by atoms with Crippen LogP contribution in [0.25, 0.3) is 16.0 Å². The number of carbonyl (C=O) groups excluding carboxylic acids is 2. The number of thiazole rings is 1. The van der Waals surface area contributed by atoms with E-state index < -0.39 is 17.7 Å². The number of fused-ring (bicyclic) bond motifs is 2. The number of Topliss-reactive ketones (excluding diaryl/α,β-unsaturated/α-hetero) is 1. The molecule has 8 heteroatoms. The van der Waals surface area contributed by atoms with Crippen LogP contribution >= 0.6 is 11.3 Å². The van der Waals surface area contributed by atoms with Gasteiger partial charge in [0.15, 0.2) is 16.6 Å². The highest BCUT2D eigenvalue weighted by atomic mass is 32.1. The van der Waals surface area contributed by atoms with Crippen molar-refractivity contribution in [3.05, 3.63) is 88.5 Å². The van der Waals surface area contributed by atoms with Gasteiger partial charge in [-0.15, -0.1) is 0 Å². The monoisotopic (exact) mass is 498 g/mol. The van der Waals surface area contributed by atoms with Crippen molar-refractivity contribution in [2.45, 2.75) is 19.9 Å². The zero-order valence-electron chi connectivity index (χ0n) is 19.6. The molecule has 1 atom stereocenters. The van der Waals surface area contributed by atoms with Gasteiger partial charge in [-0.05, 0) is 54.8 Å². The third-order valence-electron chi connectivity index (χ3n) is 6.40. The van der Waals surface area contributed by atoms with E-state index in [4.69, 9.17) is 14.5 Å². The van der Waals surface area contributed by atoms with Gasteiger partial charge in [-0.2, -0.15) is 0 Å². The van der Waals surface area contributed by atoms with Crippen LogP contribution < -0.4 is 14.4 Å². The summed E-state index contributed by atoms with van der Waals surface area (Å²) in [5.74, 6) is -0.708. The number of aromatic nitrogens is 1. The largest absolute Gasteiger partial charge is 0.507 e. The number of amides is 1. The van der Waals surface area contributed by atoms with Gasteiger partial charge in [-0.25, -0.2) is 4.98 Å². The van der Waals surface area contributed by atoms with Crippen LogP contribution in [0, 0.1) is 13.8 Å². The summed E-state index contributed by atoms with van der Waals surface area (Å²) < 4.78 is 12.2. The highest BCUT2D eigenvalue weighted by Crippen LogP contribution is 2.45. The van der Waals surface area contributed by atoms with Gasteiger partial charge in [-0.1, -0.05) is 47.7 Å². The third kappa shape index (κ3) is 3.53. The zero-order valence-corrected chi connectivity index (χ0v) is 20.5. The van der Waals surface area contributed by atoms with E-state index in [-0.39, 0.29) is 11.3 Å². The number of hydrogen-bond donors (Lipinski definition) is 1. The smallest absolute Gasteiger partial charge is 0.301 e. The first-order valence-corrected chi connectivity index (χ1v) is 12.4. The summed E-state index contributed by atoms with van der Waals surface area (Å²) in [6.45, 7) is 4.82. The molecular weight excluding hydrogens is 476 g/mol. The van der Waals surface area contributed by atoms with Crippen molar-refractivity contribution in [3.8, 4) is 11.5 Å². The van der Waals surface area contributed by atoms with Crippen LogP contribution in [0.5, 0.6) is 11.5 Å². The van der Waals surface area contributed by atoms with Gasteiger partial charge >= 0.3 is 5.91 Å². The molecule has 3 aromatic carbocycles. The van der Waals surface area contributed by atoms with Crippen molar-refractivity contribution in [1.82, 2.24) is 4.98 Å². The number of nitrogens with zero attached hydrogens (tertiary/aromatic N) is 2. The molecule has 6 rings (SSSR count).